The van der Waals surface area contributed by atoms with Crippen LogP contribution in [0.2, 0.25) is 0 Å². The Balaban J connectivity index is 1.46. The second kappa shape index (κ2) is 7.28. The molecule has 1 saturated heterocycles. The molecule has 0 bridgehead atoms. The number of benzene rings is 2. The van der Waals surface area contributed by atoms with E-state index >= 15 is 0 Å². The van der Waals surface area contributed by atoms with Crippen molar-refractivity contribution < 1.29 is 14.7 Å². The molecule has 0 saturated carbocycles. The molecule has 146 valence electrons. The summed E-state index contributed by atoms with van der Waals surface area (Å²) < 4.78 is 0. The van der Waals surface area contributed by atoms with Crippen LogP contribution in [0.4, 0.5) is 0 Å². The highest BCUT2D eigenvalue weighted by atomic mass is 16.3. The predicted molar refractivity (Wildman–Crippen MR) is 106 cm³/mol. The molecule has 1 fully saturated rings. The summed E-state index contributed by atoms with van der Waals surface area (Å²) in [6.45, 7) is 4.58. The third-order valence-corrected chi connectivity index (χ3v) is 5.95. The Morgan fingerprint density at radius 2 is 1.89 bits per heavy atom. The van der Waals surface area contributed by atoms with E-state index in [1.54, 1.807) is 24.3 Å². The van der Waals surface area contributed by atoms with Crippen LogP contribution in [0.15, 0.2) is 42.5 Å². The second-order valence-electron chi connectivity index (χ2n) is 7.70. The minimum Gasteiger partial charge on any atom is -0.508 e. The normalized spacial score (nSPS) is 20.4. The number of phenols is 1. The first-order valence-corrected chi connectivity index (χ1v) is 9.71. The maximum absolute atomic E-state index is 13.1. The Labute approximate surface area is 164 Å². The Morgan fingerprint density at radius 3 is 2.57 bits per heavy atom. The number of hydrogen-bond donors (Lipinski definition) is 2. The summed E-state index contributed by atoms with van der Waals surface area (Å²) in [7, 11) is 0. The van der Waals surface area contributed by atoms with Crippen LogP contribution in [0.25, 0.3) is 0 Å². The van der Waals surface area contributed by atoms with E-state index in [4.69, 9.17) is 5.73 Å². The molecule has 0 radical (unpaired) electrons. The van der Waals surface area contributed by atoms with Crippen LogP contribution in [-0.4, -0.2) is 45.9 Å². The highest BCUT2D eigenvalue weighted by Gasteiger charge is 2.41. The fourth-order valence-corrected chi connectivity index (χ4v) is 4.57. The smallest absolute Gasteiger partial charge is 0.255 e. The lowest BCUT2D eigenvalue weighted by Crippen LogP contribution is -2.45. The van der Waals surface area contributed by atoms with Gasteiger partial charge in [0.25, 0.3) is 5.91 Å². The molecule has 0 aromatic heterocycles. The minimum atomic E-state index is -0.555. The van der Waals surface area contributed by atoms with Crippen LogP contribution >= 0.6 is 0 Å². The summed E-state index contributed by atoms with van der Waals surface area (Å²) in [5.74, 6) is -0.351. The number of rotatable bonds is 4. The van der Waals surface area contributed by atoms with Crippen LogP contribution in [0.1, 0.15) is 57.7 Å². The van der Waals surface area contributed by atoms with Gasteiger partial charge in [-0.15, -0.1) is 0 Å². The molecule has 2 aliphatic heterocycles. The largest absolute Gasteiger partial charge is 0.508 e. The first-order valence-electron chi connectivity index (χ1n) is 9.71. The van der Waals surface area contributed by atoms with Crippen molar-refractivity contribution in [2.75, 3.05) is 13.1 Å². The molecular formula is C22H25N3O3. The lowest BCUT2D eigenvalue weighted by Gasteiger charge is -2.38. The number of primary amides is 1. The van der Waals surface area contributed by atoms with Crippen molar-refractivity contribution in [3.8, 4) is 5.75 Å². The summed E-state index contributed by atoms with van der Waals surface area (Å²) in [5, 5.41) is 9.64. The van der Waals surface area contributed by atoms with Gasteiger partial charge in [-0.3, -0.25) is 14.5 Å². The monoisotopic (exact) mass is 379 g/mol. The molecule has 1 atom stereocenters. The number of piperidine rings is 1. The van der Waals surface area contributed by atoms with E-state index < -0.39 is 5.91 Å². The molecule has 1 unspecified atom stereocenters. The van der Waals surface area contributed by atoms with E-state index in [1.807, 2.05) is 30.0 Å². The Morgan fingerprint density at radius 1 is 1.18 bits per heavy atom. The lowest BCUT2D eigenvalue weighted by molar-refractivity contribution is 0.0510. The van der Waals surface area contributed by atoms with Crippen LogP contribution in [0.5, 0.6) is 5.75 Å². The summed E-state index contributed by atoms with van der Waals surface area (Å²) in [4.78, 5) is 29.2. The third kappa shape index (κ3) is 3.24. The van der Waals surface area contributed by atoms with Gasteiger partial charge in [0.05, 0.1) is 17.2 Å². The van der Waals surface area contributed by atoms with Crippen molar-refractivity contribution in [3.05, 3.63) is 64.7 Å². The van der Waals surface area contributed by atoms with Gasteiger partial charge in [-0.2, -0.15) is 0 Å². The summed E-state index contributed by atoms with van der Waals surface area (Å²) in [5.41, 5.74) is 8.26. The average molecular weight is 379 g/mol. The number of carbonyl (C=O) groups excluding carboxylic acids is 2. The molecule has 2 amide bonds. The summed E-state index contributed by atoms with van der Waals surface area (Å²) >= 11 is 0. The number of amides is 2. The number of fused-ring (bicyclic) bond motifs is 1. The lowest BCUT2D eigenvalue weighted by atomic mass is 9.99. The number of aromatic hydroxyl groups is 1. The molecule has 2 aromatic carbocycles. The van der Waals surface area contributed by atoms with Crippen molar-refractivity contribution in [3.63, 3.8) is 0 Å². The van der Waals surface area contributed by atoms with Gasteiger partial charge in [-0.1, -0.05) is 24.3 Å². The molecule has 2 aliphatic rings. The van der Waals surface area contributed by atoms with E-state index in [-0.39, 0.29) is 23.7 Å². The maximum atomic E-state index is 13.1. The van der Waals surface area contributed by atoms with Crippen molar-refractivity contribution in [2.45, 2.75) is 38.4 Å². The molecule has 4 rings (SSSR count). The van der Waals surface area contributed by atoms with Crippen molar-refractivity contribution in [1.29, 1.82) is 0 Å². The number of carbonyl (C=O) groups is 2. The number of nitrogens with two attached hydrogens (primary N) is 1. The van der Waals surface area contributed by atoms with Gasteiger partial charge in [0.2, 0.25) is 5.91 Å². The zero-order valence-corrected chi connectivity index (χ0v) is 16.0. The molecule has 2 aromatic rings. The summed E-state index contributed by atoms with van der Waals surface area (Å²) in [6, 6.07) is 12.8. The van der Waals surface area contributed by atoms with Crippen LogP contribution < -0.4 is 5.73 Å². The first-order chi connectivity index (χ1) is 13.5. The van der Waals surface area contributed by atoms with Gasteiger partial charge in [0.15, 0.2) is 0 Å². The highest BCUT2D eigenvalue weighted by molar-refractivity contribution is 6.09. The molecule has 28 heavy (non-hydrogen) atoms. The first kappa shape index (κ1) is 18.5. The standard InChI is InChI=1S/C22H25N3O3/c1-14-18-6-3-7-19(21(23)27)20(18)22(28)25(14)16-8-10-24(11-9-16)13-15-4-2-5-17(26)12-15/h2-7,12,14,16,26H,8-11,13H2,1H3,(H2,23,27). The molecular weight excluding hydrogens is 354 g/mol. The Bertz CT molecular complexity index is 919. The van der Waals surface area contributed by atoms with Crippen molar-refractivity contribution >= 4 is 11.8 Å². The predicted octanol–water partition coefficient (Wildman–Crippen LogP) is 2.67. The van der Waals surface area contributed by atoms with Crippen LogP contribution in [0.3, 0.4) is 0 Å². The van der Waals surface area contributed by atoms with Gasteiger partial charge in [0, 0.05) is 25.7 Å². The number of hydrogen-bond acceptors (Lipinski definition) is 4. The molecule has 0 aliphatic carbocycles. The summed E-state index contributed by atoms with van der Waals surface area (Å²) in [6.07, 6.45) is 1.77. The van der Waals surface area contributed by atoms with E-state index in [1.165, 1.54) is 0 Å². The van der Waals surface area contributed by atoms with Crippen LogP contribution in [0, 0.1) is 0 Å². The number of likely N-dealkylation sites (tertiary alicyclic amines) is 1. The quantitative estimate of drug-likeness (QED) is 0.855. The maximum Gasteiger partial charge on any atom is 0.255 e. The molecule has 6 heteroatoms. The van der Waals surface area contributed by atoms with Gasteiger partial charge < -0.3 is 15.7 Å². The van der Waals surface area contributed by atoms with Crippen molar-refractivity contribution in [2.24, 2.45) is 5.73 Å². The van der Waals surface area contributed by atoms with Gasteiger partial charge in [0.1, 0.15) is 5.75 Å². The van der Waals surface area contributed by atoms with Gasteiger partial charge in [-0.05, 0) is 49.1 Å². The van der Waals surface area contributed by atoms with E-state index in [0.717, 1.165) is 43.6 Å². The third-order valence-electron chi connectivity index (χ3n) is 5.95. The van der Waals surface area contributed by atoms with Gasteiger partial charge >= 0.3 is 0 Å². The fourth-order valence-electron chi connectivity index (χ4n) is 4.57. The van der Waals surface area contributed by atoms with E-state index in [2.05, 4.69) is 4.90 Å². The highest BCUT2D eigenvalue weighted by Crippen LogP contribution is 2.38. The molecule has 2 heterocycles. The fraction of sp³-hybridized carbons (Fsp3) is 0.364. The zero-order valence-electron chi connectivity index (χ0n) is 16.0. The zero-order chi connectivity index (χ0) is 19.8. The Kier molecular flexibility index (Phi) is 4.81. The van der Waals surface area contributed by atoms with Gasteiger partial charge in [-0.25, -0.2) is 0 Å². The van der Waals surface area contributed by atoms with E-state index in [0.29, 0.717) is 11.1 Å². The molecule has 3 N–H and O–H groups in total. The van der Waals surface area contributed by atoms with Crippen molar-refractivity contribution in [1.82, 2.24) is 9.80 Å². The average Bonchev–Trinajstić information content (AvgIpc) is 2.93. The SMILES string of the molecule is CC1c2cccc(C(N)=O)c2C(=O)N1C1CCN(Cc2cccc(O)c2)CC1. The van der Waals surface area contributed by atoms with Crippen LogP contribution in [-0.2, 0) is 6.54 Å². The topological polar surface area (TPSA) is 86.9 Å². The van der Waals surface area contributed by atoms with E-state index in [9.17, 15) is 14.7 Å². The number of phenolic OH excluding ortho intramolecular Hbond substituents is 1. The Hall–Kier alpha value is -2.86. The second-order valence-corrected chi connectivity index (χ2v) is 7.70. The number of nitrogens with zero attached hydrogens (tertiary/aromatic N) is 2. The molecule has 0 spiro atoms. The minimum absolute atomic E-state index is 0.0515. The molecule has 6 nitrogen and oxygen atoms in total.